The molecule has 0 fully saturated rings. The van der Waals surface area contributed by atoms with Crippen LogP contribution in [0.3, 0.4) is 0 Å². The second kappa shape index (κ2) is 6.74. The van der Waals surface area contributed by atoms with Crippen molar-refractivity contribution in [3.63, 3.8) is 0 Å². The van der Waals surface area contributed by atoms with Crippen LogP contribution >= 0.6 is 0 Å². The Balaban J connectivity index is 2.13. The van der Waals surface area contributed by atoms with Crippen LogP contribution < -0.4 is 5.32 Å². The first kappa shape index (κ1) is 13.3. The Kier molecular flexibility index (Phi) is 5.61. The number of nitrogens with one attached hydrogen (secondary N) is 1. The van der Waals surface area contributed by atoms with E-state index in [0.29, 0.717) is 6.04 Å². The Labute approximate surface area is 99.4 Å². The number of furan rings is 1. The number of aryl methyl sites for hydroxylation is 1. The fourth-order valence-electron chi connectivity index (χ4n) is 1.54. The lowest BCUT2D eigenvalue weighted by Gasteiger charge is -2.19. The third-order valence-corrected chi connectivity index (χ3v) is 3.33. The molecule has 2 atom stereocenters. The number of hydrogen-bond acceptors (Lipinski definition) is 2. The average molecular weight is 223 g/mol. The summed E-state index contributed by atoms with van der Waals surface area (Å²) in [5.74, 6) is 2.58. The topological polar surface area (TPSA) is 25.2 Å². The molecule has 1 aromatic heterocycles. The van der Waals surface area contributed by atoms with Crippen LogP contribution in [0.15, 0.2) is 22.8 Å². The standard InChI is InChI=1S/C14H25NO/c1-11(2)12(3)10-15-13(4)7-8-14-6-5-9-16-14/h5-6,9,11-13,15H,7-8,10H2,1-4H3. The molecule has 0 aliphatic heterocycles. The third-order valence-electron chi connectivity index (χ3n) is 3.33. The summed E-state index contributed by atoms with van der Waals surface area (Å²) in [5, 5.41) is 3.58. The van der Waals surface area contributed by atoms with Gasteiger partial charge in [-0.05, 0) is 43.9 Å². The van der Waals surface area contributed by atoms with E-state index in [0.717, 1.165) is 37.0 Å². The minimum absolute atomic E-state index is 0.561. The zero-order valence-corrected chi connectivity index (χ0v) is 11.0. The molecular weight excluding hydrogens is 198 g/mol. The van der Waals surface area contributed by atoms with E-state index >= 15 is 0 Å². The molecule has 1 heterocycles. The van der Waals surface area contributed by atoms with Gasteiger partial charge in [-0.2, -0.15) is 0 Å². The second-order valence-corrected chi connectivity index (χ2v) is 5.15. The zero-order chi connectivity index (χ0) is 12.0. The van der Waals surface area contributed by atoms with E-state index in [4.69, 9.17) is 4.42 Å². The molecule has 0 amide bonds. The minimum Gasteiger partial charge on any atom is -0.469 e. The lowest BCUT2D eigenvalue weighted by Crippen LogP contribution is -2.32. The Bertz CT molecular complexity index is 266. The quantitative estimate of drug-likeness (QED) is 0.765. The summed E-state index contributed by atoms with van der Waals surface area (Å²) >= 11 is 0. The first-order valence-corrected chi connectivity index (χ1v) is 6.35. The summed E-state index contributed by atoms with van der Waals surface area (Å²) in [6, 6.07) is 4.56. The molecule has 2 unspecified atom stereocenters. The predicted molar refractivity (Wildman–Crippen MR) is 68.5 cm³/mol. The van der Waals surface area contributed by atoms with Gasteiger partial charge in [-0.3, -0.25) is 0 Å². The highest BCUT2D eigenvalue weighted by molar-refractivity contribution is 4.98. The summed E-state index contributed by atoms with van der Waals surface area (Å²) in [4.78, 5) is 0. The van der Waals surface area contributed by atoms with Crippen LogP contribution in [0.5, 0.6) is 0 Å². The molecule has 2 nitrogen and oxygen atoms in total. The minimum atomic E-state index is 0.561. The smallest absolute Gasteiger partial charge is 0.103 e. The Morgan fingerprint density at radius 2 is 2.00 bits per heavy atom. The summed E-state index contributed by atoms with van der Waals surface area (Å²) in [7, 11) is 0. The fourth-order valence-corrected chi connectivity index (χ4v) is 1.54. The van der Waals surface area contributed by atoms with Gasteiger partial charge in [0.25, 0.3) is 0 Å². The molecule has 2 heteroatoms. The molecule has 0 aliphatic rings. The van der Waals surface area contributed by atoms with Gasteiger partial charge in [-0.15, -0.1) is 0 Å². The van der Waals surface area contributed by atoms with E-state index in [2.05, 4.69) is 33.0 Å². The third kappa shape index (κ3) is 4.84. The lowest BCUT2D eigenvalue weighted by atomic mass is 9.98. The Hall–Kier alpha value is -0.760. The van der Waals surface area contributed by atoms with Crippen molar-refractivity contribution in [3.05, 3.63) is 24.2 Å². The van der Waals surface area contributed by atoms with Crippen LogP contribution in [0.2, 0.25) is 0 Å². The van der Waals surface area contributed by atoms with Gasteiger partial charge < -0.3 is 9.73 Å². The van der Waals surface area contributed by atoms with Crippen LogP contribution in [0.1, 0.15) is 39.9 Å². The highest BCUT2D eigenvalue weighted by atomic mass is 16.3. The van der Waals surface area contributed by atoms with Crippen LogP contribution in [-0.2, 0) is 6.42 Å². The molecule has 0 aromatic carbocycles. The molecule has 0 aliphatic carbocycles. The van der Waals surface area contributed by atoms with Crippen molar-refractivity contribution in [1.82, 2.24) is 5.32 Å². The van der Waals surface area contributed by atoms with Gasteiger partial charge in [0.2, 0.25) is 0 Å². The van der Waals surface area contributed by atoms with Crippen molar-refractivity contribution in [2.24, 2.45) is 11.8 Å². The van der Waals surface area contributed by atoms with Crippen LogP contribution in [-0.4, -0.2) is 12.6 Å². The van der Waals surface area contributed by atoms with Crippen LogP contribution in [0.4, 0.5) is 0 Å². The lowest BCUT2D eigenvalue weighted by molar-refractivity contribution is 0.363. The fraction of sp³-hybridized carbons (Fsp3) is 0.714. The van der Waals surface area contributed by atoms with Gasteiger partial charge in [0.15, 0.2) is 0 Å². The molecular formula is C14H25NO. The molecule has 0 spiro atoms. The molecule has 0 radical (unpaired) electrons. The van der Waals surface area contributed by atoms with E-state index < -0.39 is 0 Å². The highest BCUT2D eigenvalue weighted by Crippen LogP contribution is 2.09. The maximum Gasteiger partial charge on any atom is 0.103 e. The van der Waals surface area contributed by atoms with Gasteiger partial charge >= 0.3 is 0 Å². The maximum absolute atomic E-state index is 5.32. The van der Waals surface area contributed by atoms with Gasteiger partial charge in [0.1, 0.15) is 5.76 Å². The summed E-state index contributed by atoms with van der Waals surface area (Å²) in [6.07, 6.45) is 3.91. The zero-order valence-electron chi connectivity index (χ0n) is 11.0. The average Bonchev–Trinajstić information content (AvgIpc) is 2.75. The Morgan fingerprint density at radius 3 is 2.56 bits per heavy atom. The van der Waals surface area contributed by atoms with E-state index in [-0.39, 0.29) is 0 Å². The molecule has 0 saturated heterocycles. The molecule has 92 valence electrons. The summed E-state index contributed by atoms with van der Waals surface area (Å²) < 4.78 is 5.32. The summed E-state index contributed by atoms with van der Waals surface area (Å²) in [6.45, 7) is 10.2. The van der Waals surface area contributed by atoms with Gasteiger partial charge in [0.05, 0.1) is 6.26 Å². The summed E-state index contributed by atoms with van der Waals surface area (Å²) in [5.41, 5.74) is 0. The van der Waals surface area contributed by atoms with Gasteiger partial charge in [0, 0.05) is 12.5 Å². The molecule has 16 heavy (non-hydrogen) atoms. The molecule has 1 rings (SSSR count). The molecule has 0 saturated carbocycles. The number of hydrogen-bond donors (Lipinski definition) is 1. The van der Waals surface area contributed by atoms with Crippen LogP contribution in [0.25, 0.3) is 0 Å². The van der Waals surface area contributed by atoms with Crippen molar-refractivity contribution in [3.8, 4) is 0 Å². The molecule has 1 aromatic rings. The number of rotatable bonds is 7. The van der Waals surface area contributed by atoms with Crippen molar-refractivity contribution in [2.45, 2.75) is 46.6 Å². The van der Waals surface area contributed by atoms with Crippen molar-refractivity contribution in [1.29, 1.82) is 0 Å². The Morgan fingerprint density at radius 1 is 1.25 bits per heavy atom. The van der Waals surface area contributed by atoms with E-state index in [1.165, 1.54) is 0 Å². The van der Waals surface area contributed by atoms with Gasteiger partial charge in [-0.1, -0.05) is 20.8 Å². The first-order valence-electron chi connectivity index (χ1n) is 6.35. The monoisotopic (exact) mass is 223 g/mol. The first-order chi connectivity index (χ1) is 7.59. The largest absolute Gasteiger partial charge is 0.469 e. The molecule has 0 bridgehead atoms. The van der Waals surface area contributed by atoms with Gasteiger partial charge in [-0.25, -0.2) is 0 Å². The van der Waals surface area contributed by atoms with Crippen molar-refractivity contribution < 1.29 is 4.42 Å². The second-order valence-electron chi connectivity index (χ2n) is 5.15. The SMILES string of the molecule is CC(CCc1ccco1)NCC(C)C(C)C. The highest BCUT2D eigenvalue weighted by Gasteiger charge is 2.09. The van der Waals surface area contributed by atoms with Crippen LogP contribution in [0, 0.1) is 11.8 Å². The predicted octanol–water partition coefficient (Wildman–Crippen LogP) is 3.48. The van der Waals surface area contributed by atoms with E-state index in [9.17, 15) is 0 Å². The maximum atomic E-state index is 5.32. The van der Waals surface area contributed by atoms with E-state index in [1.54, 1.807) is 6.26 Å². The molecule has 1 N–H and O–H groups in total. The van der Waals surface area contributed by atoms with Crippen molar-refractivity contribution in [2.75, 3.05) is 6.54 Å². The van der Waals surface area contributed by atoms with E-state index in [1.807, 2.05) is 12.1 Å². The van der Waals surface area contributed by atoms with Crippen molar-refractivity contribution >= 4 is 0 Å². The normalized spacial score (nSPS) is 15.3.